The van der Waals surface area contributed by atoms with Crippen molar-refractivity contribution < 1.29 is 27.5 Å². The van der Waals surface area contributed by atoms with Crippen LogP contribution in [-0.2, 0) is 30.8 Å². The van der Waals surface area contributed by atoms with Crippen molar-refractivity contribution in [3.63, 3.8) is 0 Å². The molecule has 0 aromatic heterocycles. The van der Waals surface area contributed by atoms with Gasteiger partial charge in [-0.2, -0.15) is 0 Å². The Hall–Kier alpha value is -3.04. The van der Waals surface area contributed by atoms with E-state index in [1.165, 1.54) is 31.3 Å². The Morgan fingerprint density at radius 2 is 1.56 bits per heavy atom. The number of amides is 2. The van der Waals surface area contributed by atoms with Crippen molar-refractivity contribution in [3.05, 3.63) is 65.7 Å². The summed E-state index contributed by atoms with van der Waals surface area (Å²) in [6, 6.07) is 13.9. The van der Waals surface area contributed by atoms with Gasteiger partial charge >= 0.3 is 5.97 Å². The third-order valence-electron chi connectivity index (χ3n) is 3.49. The summed E-state index contributed by atoms with van der Waals surface area (Å²) in [5, 5.41) is 2.13. The number of hydrogen-bond donors (Lipinski definition) is 2. The highest BCUT2D eigenvalue weighted by Crippen LogP contribution is 2.11. The van der Waals surface area contributed by atoms with Crippen molar-refractivity contribution in [1.29, 1.82) is 0 Å². The zero-order valence-corrected chi connectivity index (χ0v) is 15.3. The number of hydrogen-bond acceptors (Lipinski definition) is 6. The van der Waals surface area contributed by atoms with Gasteiger partial charge in [0.2, 0.25) is 15.9 Å². The van der Waals surface area contributed by atoms with Crippen molar-refractivity contribution in [2.24, 2.45) is 0 Å². The van der Waals surface area contributed by atoms with E-state index in [2.05, 4.69) is 10.0 Å². The van der Waals surface area contributed by atoms with Crippen LogP contribution in [0.1, 0.15) is 15.9 Å². The smallest absolute Gasteiger partial charge is 0.338 e. The summed E-state index contributed by atoms with van der Waals surface area (Å²) >= 11 is 0. The molecule has 2 aromatic carbocycles. The van der Waals surface area contributed by atoms with Gasteiger partial charge in [-0.1, -0.05) is 30.3 Å². The second-order valence-corrected chi connectivity index (χ2v) is 7.33. The van der Waals surface area contributed by atoms with Crippen LogP contribution < -0.4 is 10.0 Å². The lowest BCUT2D eigenvalue weighted by molar-refractivity contribution is -0.132. The molecule has 142 valence electrons. The third kappa shape index (κ3) is 6.01. The third-order valence-corrected chi connectivity index (χ3v) is 4.92. The molecule has 2 rings (SSSR count). The van der Waals surface area contributed by atoms with Gasteiger partial charge < -0.3 is 4.74 Å². The first-order valence-corrected chi connectivity index (χ1v) is 9.37. The molecule has 0 aliphatic rings. The van der Waals surface area contributed by atoms with Gasteiger partial charge in [0, 0.05) is 0 Å². The Bertz CT molecular complexity index is 924. The SMILES string of the molecule is CNS(=O)(=O)c1ccc(C(=O)OCC(=O)NC(=O)Cc2ccccc2)cc1. The quantitative estimate of drug-likeness (QED) is 0.670. The maximum absolute atomic E-state index is 11.9. The standard InChI is InChI=1S/C18H18N2O6S/c1-19-27(24,25)15-9-7-14(8-10-15)18(23)26-12-17(22)20-16(21)11-13-5-3-2-4-6-13/h2-10,19H,11-12H2,1H3,(H,20,21,22). The fraction of sp³-hybridized carbons (Fsp3) is 0.167. The summed E-state index contributed by atoms with van der Waals surface area (Å²) in [7, 11) is -2.34. The first-order valence-electron chi connectivity index (χ1n) is 7.89. The molecule has 0 unspecified atom stereocenters. The summed E-state index contributed by atoms with van der Waals surface area (Å²) in [4.78, 5) is 35.4. The lowest BCUT2D eigenvalue weighted by atomic mass is 10.1. The van der Waals surface area contributed by atoms with E-state index < -0.39 is 34.4 Å². The van der Waals surface area contributed by atoms with E-state index in [-0.39, 0.29) is 16.9 Å². The predicted molar refractivity (Wildman–Crippen MR) is 96.3 cm³/mol. The highest BCUT2D eigenvalue weighted by atomic mass is 32.2. The van der Waals surface area contributed by atoms with Gasteiger partial charge in [0.25, 0.3) is 5.91 Å². The predicted octanol–water partition coefficient (Wildman–Crippen LogP) is 0.637. The lowest BCUT2D eigenvalue weighted by Crippen LogP contribution is -2.35. The fourth-order valence-electron chi connectivity index (χ4n) is 2.12. The van der Waals surface area contributed by atoms with Gasteiger partial charge in [0.1, 0.15) is 0 Å². The van der Waals surface area contributed by atoms with Gasteiger partial charge in [-0.05, 0) is 36.9 Å². The number of benzene rings is 2. The van der Waals surface area contributed by atoms with E-state index >= 15 is 0 Å². The van der Waals surface area contributed by atoms with Gasteiger partial charge in [-0.15, -0.1) is 0 Å². The summed E-state index contributed by atoms with van der Waals surface area (Å²) in [6.45, 7) is -0.629. The Morgan fingerprint density at radius 1 is 0.926 bits per heavy atom. The van der Waals surface area contributed by atoms with E-state index in [1.807, 2.05) is 6.07 Å². The van der Waals surface area contributed by atoms with Crippen molar-refractivity contribution in [3.8, 4) is 0 Å². The van der Waals surface area contributed by atoms with E-state index in [4.69, 9.17) is 4.74 Å². The summed E-state index contributed by atoms with van der Waals surface area (Å²) in [5.41, 5.74) is 0.824. The normalized spacial score (nSPS) is 10.9. The molecule has 0 bridgehead atoms. The second kappa shape index (κ2) is 9.06. The number of rotatable bonds is 7. The van der Waals surface area contributed by atoms with E-state index in [0.717, 1.165) is 5.56 Å². The molecule has 0 aliphatic carbocycles. The molecular weight excluding hydrogens is 372 g/mol. The maximum Gasteiger partial charge on any atom is 0.338 e. The topological polar surface area (TPSA) is 119 Å². The van der Waals surface area contributed by atoms with Gasteiger partial charge in [-0.3, -0.25) is 14.9 Å². The Morgan fingerprint density at radius 3 is 2.15 bits per heavy atom. The minimum Gasteiger partial charge on any atom is -0.452 e. The van der Waals surface area contributed by atoms with E-state index in [9.17, 15) is 22.8 Å². The molecule has 0 saturated heterocycles. The number of carbonyl (C=O) groups excluding carboxylic acids is 3. The van der Waals surface area contributed by atoms with Crippen LogP contribution in [0.3, 0.4) is 0 Å². The van der Waals surface area contributed by atoms with Crippen LogP contribution in [0.2, 0.25) is 0 Å². The van der Waals surface area contributed by atoms with Crippen molar-refractivity contribution >= 4 is 27.8 Å². The molecule has 0 heterocycles. The average molecular weight is 390 g/mol. The zero-order valence-electron chi connectivity index (χ0n) is 14.5. The Labute approximate surface area is 156 Å². The number of nitrogens with one attached hydrogen (secondary N) is 2. The number of sulfonamides is 1. The lowest BCUT2D eigenvalue weighted by Gasteiger charge is -2.07. The number of ether oxygens (including phenoxy) is 1. The molecule has 0 fully saturated rings. The molecule has 0 atom stereocenters. The highest BCUT2D eigenvalue weighted by molar-refractivity contribution is 7.89. The second-order valence-electron chi connectivity index (χ2n) is 5.44. The summed E-state index contributed by atoms with van der Waals surface area (Å²) in [6.07, 6.45) is 0.0297. The van der Waals surface area contributed by atoms with Gasteiger partial charge in [0.05, 0.1) is 16.9 Å². The Kier molecular flexibility index (Phi) is 6.80. The van der Waals surface area contributed by atoms with Crippen LogP contribution in [0.4, 0.5) is 0 Å². The highest BCUT2D eigenvalue weighted by Gasteiger charge is 2.15. The Balaban J connectivity index is 1.84. The first-order chi connectivity index (χ1) is 12.8. The van der Waals surface area contributed by atoms with Crippen molar-refractivity contribution in [2.75, 3.05) is 13.7 Å². The van der Waals surface area contributed by atoms with E-state index in [0.29, 0.717) is 0 Å². The first kappa shape index (κ1) is 20.3. The van der Waals surface area contributed by atoms with Crippen molar-refractivity contribution in [2.45, 2.75) is 11.3 Å². The minimum absolute atomic E-state index is 0.00852. The molecule has 2 N–H and O–H groups in total. The summed E-state index contributed by atoms with van der Waals surface area (Å²) < 4.78 is 30.2. The molecule has 9 heteroatoms. The largest absolute Gasteiger partial charge is 0.452 e. The van der Waals surface area contributed by atoms with Crippen LogP contribution in [0, 0.1) is 0 Å². The molecule has 8 nitrogen and oxygen atoms in total. The maximum atomic E-state index is 11.9. The van der Waals surface area contributed by atoms with Crippen LogP contribution in [0.25, 0.3) is 0 Å². The molecule has 2 aromatic rings. The zero-order chi connectivity index (χ0) is 19.9. The average Bonchev–Trinajstić information content (AvgIpc) is 2.67. The van der Waals surface area contributed by atoms with E-state index in [1.54, 1.807) is 24.3 Å². The molecule has 0 spiro atoms. The molecule has 2 amide bonds. The van der Waals surface area contributed by atoms with Gasteiger partial charge in [-0.25, -0.2) is 17.9 Å². The summed E-state index contributed by atoms with van der Waals surface area (Å²) in [5.74, 6) is -2.07. The number of imide groups is 1. The van der Waals surface area contributed by atoms with Crippen LogP contribution in [-0.4, -0.2) is 39.9 Å². The molecular formula is C18H18N2O6S. The molecule has 0 radical (unpaired) electrons. The molecule has 0 saturated carbocycles. The number of carbonyl (C=O) groups is 3. The fourth-order valence-corrected chi connectivity index (χ4v) is 2.85. The molecule has 0 aliphatic heterocycles. The van der Waals surface area contributed by atoms with Crippen molar-refractivity contribution in [1.82, 2.24) is 10.0 Å². The van der Waals surface area contributed by atoms with Crippen LogP contribution in [0.15, 0.2) is 59.5 Å². The van der Waals surface area contributed by atoms with Gasteiger partial charge in [0.15, 0.2) is 6.61 Å². The minimum atomic E-state index is -3.61. The molecule has 27 heavy (non-hydrogen) atoms. The monoisotopic (exact) mass is 390 g/mol. The number of esters is 1. The van der Waals surface area contributed by atoms with Crippen LogP contribution >= 0.6 is 0 Å². The van der Waals surface area contributed by atoms with Crippen LogP contribution in [0.5, 0.6) is 0 Å².